The first-order chi connectivity index (χ1) is 5.91. The van der Waals surface area contributed by atoms with Gasteiger partial charge in [-0.05, 0) is 12.5 Å². The summed E-state index contributed by atoms with van der Waals surface area (Å²) < 4.78 is 22.2. The van der Waals surface area contributed by atoms with Crippen molar-refractivity contribution in [2.24, 2.45) is 5.92 Å². The Hall–Kier alpha value is -0.130. The van der Waals surface area contributed by atoms with E-state index in [9.17, 15) is 13.5 Å². The first kappa shape index (κ1) is 10.9. The van der Waals surface area contributed by atoms with Gasteiger partial charge in [0.2, 0.25) is 0 Å². The van der Waals surface area contributed by atoms with Crippen molar-refractivity contribution in [1.82, 2.24) is 5.32 Å². The van der Waals surface area contributed by atoms with Crippen molar-refractivity contribution < 1.29 is 13.5 Å². The van der Waals surface area contributed by atoms with Crippen LogP contribution in [-0.4, -0.2) is 43.7 Å². The lowest BCUT2D eigenvalue weighted by molar-refractivity contribution is 0.164. The summed E-state index contributed by atoms with van der Waals surface area (Å²) in [5.74, 6) is 0.444. The third kappa shape index (κ3) is 3.25. The van der Waals surface area contributed by atoms with Crippen molar-refractivity contribution in [2.75, 3.05) is 18.1 Å². The molecule has 1 rings (SSSR count). The molecule has 78 valence electrons. The molecule has 0 spiro atoms. The van der Waals surface area contributed by atoms with Crippen LogP contribution in [0.25, 0.3) is 0 Å². The van der Waals surface area contributed by atoms with Crippen LogP contribution >= 0.6 is 0 Å². The van der Waals surface area contributed by atoms with Crippen LogP contribution in [0.2, 0.25) is 0 Å². The Labute approximate surface area is 79.3 Å². The third-order valence-corrected chi connectivity index (χ3v) is 3.83. The Balaban J connectivity index is 2.44. The van der Waals surface area contributed by atoms with Crippen LogP contribution in [0.15, 0.2) is 0 Å². The Bertz CT molecular complexity index is 261. The van der Waals surface area contributed by atoms with E-state index < -0.39 is 15.9 Å². The van der Waals surface area contributed by atoms with Gasteiger partial charge >= 0.3 is 0 Å². The summed E-state index contributed by atoms with van der Waals surface area (Å²) in [5, 5.41) is 12.5. The van der Waals surface area contributed by atoms with Gasteiger partial charge in [-0.25, -0.2) is 8.42 Å². The van der Waals surface area contributed by atoms with E-state index in [-0.39, 0.29) is 17.5 Å². The van der Waals surface area contributed by atoms with Gasteiger partial charge in [0.15, 0.2) is 9.84 Å². The van der Waals surface area contributed by atoms with Crippen molar-refractivity contribution in [3.63, 3.8) is 0 Å². The van der Waals surface area contributed by atoms with E-state index in [0.717, 1.165) is 6.54 Å². The summed E-state index contributed by atoms with van der Waals surface area (Å²) in [5.41, 5.74) is 0. The highest BCUT2D eigenvalue weighted by Gasteiger charge is 2.35. The summed E-state index contributed by atoms with van der Waals surface area (Å²) in [6.07, 6.45) is -0.733. The molecule has 1 heterocycles. The van der Waals surface area contributed by atoms with Crippen LogP contribution in [0, 0.1) is 5.92 Å². The fourth-order valence-electron chi connectivity index (χ4n) is 1.41. The highest BCUT2D eigenvalue weighted by atomic mass is 32.2. The van der Waals surface area contributed by atoms with Gasteiger partial charge in [0.1, 0.15) is 0 Å². The lowest BCUT2D eigenvalue weighted by atomic mass is 10.1. The fraction of sp³-hybridized carbons (Fsp3) is 1.00. The van der Waals surface area contributed by atoms with Gasteiger partial charge in [0, 0.05) is 6.04 Å². The lowest BCUT2D eigenvalue weighted by Crippen LogP contribution is -2.40. The van der Waals surface area contributed by atoms with Crippen molar-refractivity contribution in [3.05, 3.63) is 0 Å². The van der Waals surface area contributed by atoms with Crippen molar-refractivity contribution in [2.45, 2.75) is 26.0 Å². The van der Waals surface area contributed by atoms with Crippen molar-refractivity contribution in [3.8, 4) is 0 Å². The molecular weight excluding hydrogens is 190 g/mol. The zero-order valence-electron chi connectivity index (χ0n) is 8.03. The molecule has 0 aromatic carbocycles. The fourth-order valence-corrected chi connectivity index (χ4v) is 3.19. The Kier molecular flexibility index (Phi) is 3.32. The zero-order chi connectivity index (χ0) is 10.1. The van der Waals surface area contributed by atoms with E-state index in [1.165, 1.54) is 0 Å². The molecule has 2 atom stereocenters. The second-order valence-corrected chi connectivity index (χ2v) is 6.21. The Morgan fingerprint density at radius 3 is 2.46 bits per heavy atom. The molecular formula is C8H17NO3S. The van der Waals surface area contributed by atoms with Crippen LogP contribution < -0.4 is 5.32 Å². The average Bonchev–Trinajstić information content (AvgIpc) is 2.20. The van der Waals surface area contributed by atoms with E-state index >= 15 is 0 Å². The molecule has 0 aromatic heterocycles. The van der Waals surface area contributed by atoms with Crippen LogP contribution in [0.1, 0.15) is 13.8 Å². The van der Waals surface area contributed by atoms with E-state index in [0.29, 0.717) is 5.92 Å². The van der Waals surface area contributed by atoms with E-state index in [2.05, 4.69) is 5.32 Å². The largest absolute Gasteiger partial charge is 0.390 e. The van der Waals surface area contributed by atoms with Gasteiger partial charge in [0.05, 0.1) is 17.6 Å². The Morgan fingerprint density at radius 1 is 1.46 bits per heavy atom. The average molecular weight is 207 g/mol. The number of aliphatic hydroxyl groups excluding tert-OH is 1. The minimum Gasteiger partial charge on any atom is -0.390 e. The van der Waals surface area contributed by atoms with Crippen molar-refractivity contribution >= 4 is 9.84 Å². The predicted octanol–water partition coefficient (Wildman–Crippen LogP) is -0.610. The van der Waals surface area contributed by atoms with E-state index in [4.69, 9.17) is 0 Å². The molecule has 13 heavy (non-hydrogen) atoms. The van der Waals surface area contributed by atoms with Gasteiger partial charge < -0.3 is 10.4 Å². The van der Waals surface area contributed by atoms with Gasteiger partial charge in [-0.2, -0.15) is 0 Å². The number of nitrogens with one attached hydrogen (secondary N) is 1. The third-order valence-electron chi connectivity index (χ3n) is 2.11. The van der Waals surface area contributed by atoms with Crippen LogP contribution in [0.3, 0.4) is 0 Å². The van der Waals surface area contributed by atoms with Gasteiger partial charge in [0.25, 0.3) is 0 Å². The molecule has 2 N–H and O–H groups in total. The summed E-state index contributed by atoms with van der Waals surface area (Å²) in [7, 11) is -3.01. The van der Waals surface area contributed by atoms with Crippen LogP contribution in [-0.2, 0) is 9.84 Å². The number of sulfone groups is 1. The number of rotatable bonds is 3. The normalized spacial score (nSPS) is 32.6. The SMILES string of the molecule is CC(C)CN[C@H]1CS(=O)(=O)C[C@H]1O. The van der Waals surface area contributed by atoms with E-state index in [1.807, 2.05) is 13.8 Å². The first-order valence-corrected chi connectivity index (χ1v) is 6.35. The Morgan fingerprint density at radius 2 is 2.08 bits per heavy atom. The maximum Gasteiger partial charge on any atom is 0.154 e. The molecule has 1 saturated heterocycles. The molecule has 0 radical (unpaired) electrons. The quantitative estimate of drug-likeness (QED) is 0.648. The second kappa shape index (κ2) is 3.94. The molecule has 0 amide bonds. The minimum atomic E-state index is -3.01. The summed E-state index contributed by atoms with van der Waals surface area (Å²) in [6, 6.07) is -0.271. The van der Waals surface area contributed by atoms with Gasteiger partial charge in [-0.3, -0.25) is 0 Å². The molecule has 1 fully saturated rings. The summed E-state index contributed by atoms with van der Waals surface area (Å²) >= 11 is 0. The molecule has 0 aliphatic carbocycles. The molecule has 1 aliphatic rings. The maximum absolute atomic E-state index is 11.1. The van der Waals surface area contributed by atoms with Gasteiger partial charge in [-0.15, -0.1) is 0 Å². The zero-order valence-corrected chi connectivity index (χ0v) is 8.84. The molecule has 4 nitrogen and oxygen atoms in total. The standard InChI is InChI=1S/C8H17NO3S/c1-6(2)3-9-7-4-13(11,12)5-8(7)10/h6-10H,3-5H2,1-2H3/t7-,8+/m0/s1. The molecule has 0 aromatic rings. The topological polar surface area (TPSA) is 66.4 Å². The number of hydrogen-bond donors (Lipinski definition) is 2. The maximum atomic E-state index is 11.1. The predicted molar refractivity (Wildman–Crippen MR) is 51.3 cm³/mol. The van der Waals surface area contributed by atoms with Gasteiger partial charge in [-0.1, -0.05) is 13.8 Å². The lowest BCUT2D eigenvalue weighted by Gasteiger charge is -2.16. The smallest absolute Gasteiger partial charge is 0.154 e. The number of hydrogen-bond acceptors (Lipinski definition) is 4. The molecule has 0 bridgehead atoms. The highest BCUT2D eigenvalue weighted by molar-refractivity contribution is 7.91. The summed E-state index contributed by atoms with van der Waals surface area (Å²) in [4.78, 5) is 0. The van der Waals surface area contributed by atoms with Crippen LogP contribution in [0.5, 0.6) is 0 Å². The van der Waals surface area contributed by atoms with E-state index in [1.54, 1.807) is 0 Å². The number of aliphatic hydroxyl groups is 1. The highest BCUT2D eigenvalue weighted by Crippen LogP contribution is 2.12. The monoisotopic (exact) mass is 207 g/mol. The molecule has 0 unspecified atom stereocenters. The second-order valence-electron chi connectivity index (χ2n) is 4.05. The first-order valence-electron chi connectivity index (χ1n) is 4.52. The minimum absolute atomic E-state index is 0.0703. The molecule has 1 aliphatic heterocycles. The molecule has 0 saturated carbocycles. The summed E-state index contributed by atoms with van der Waals surface area (Å²) in [6.45, 7) is 4.84. The van der Waals surface area contributed by atoms with Crippen molar-refractivity contribution in [1.29, 1.82) is 0 Å². The van der Waals surface area contributed by atoms with Crippen LogP contribution in [0.4, 0.5) is 0 Å². The molecule has 5 heteroatoms.